The minimum Gasteiger partial charge on any atom is -0.325 e. The van der Waals surface area contributed by atoms with Crippen LogP contribution in [0.25, 0.3) is 11.0 Å². The van der Waals surface area contributed by atoms with Gasteiger partial charge in [0.05, 0.1) is 16.6 Å². The number of aryl methyl sites for hydroxylation is 1. The van der Waals surface area contributed by atoms with Crippen molar-refractivity contribution in [2.75, 3.05) is 0 Å². The molecule has 0 bridgehead atoms. The number of imidazole rings is 1. The summed E-state index contributed by atoms with van der Waals surface area (Å²) in [5, 5.41) is 13.0. The van der Waals surface area contributed by atoms with Crippen molar-refractivity contribution in [1.29, 1.82) is 5.26 Å². The Morgan fingerprint density at radius 2 is 1.87 bits per heavy atom. The fourth-order valence-corrected chi connectivity index (χ4v) is 2.18. The van der Waals surface area contributed by atoms with Gasteiger partial charge in [0, 0.05) is 7.05 Å². The Bertz CT molecular complexity index is 936. The van der Waals surface area contributed by atoms with E-state index in [0.717, 1.165) is 11.0 Å². The summed E-state index contributed by atoms with van der Waals surface area (Å²) in [6.07, 6.45) is 0. The summed E-state index contributed by atoms with van der Waals surface area (Å²) < 4.78 is 1.73. The molecule has 0 unspecified atom stereocenters. The number of benzene rings is 2. The first-order valence-corrected chi connectivity index (χ1v) is 6.87. The third kappa shape index (κ3) is 2.80. The number of rotatable bonds is 3. The molecule has 0 atom stereocenters. The van der Waals surface area contributed by atoms with Gasteiger partial charge in [-0.25, -0.2) is 9.78 Å². The molecular weight excluding hydrogens is 292 g/mol. The van der Waals surface area contributed by atoms with Crippen molar-refractivity contribution >= 4 is 22.7 Å². The van der Waals surface area contributed by atoms with E-state index in [9.17, 15) is 10.1 Å². The highest BCUT2D eigenvalue weighted by molar-refractivity contribution is 6.10. The third-order valence-corrected chi connectivity index (χ3v) is 3.33. The van der Waals surface area contributed by atoms with Crippen LogP contribution in [0.15, 0.2) is 59.8 Å². The monoisotopic (exact) mass is 304 g/mol. The molecule has 1 heterocycles. The molecule has 0 saturated heterocycles. The molecule has 23 heavy (non-hydrogen) atoms. The van der Waals surface area contributed by atoms with E-state index in [0.29, 0.717) is 11.4 Å². The van der Waals surface area contributed by atoms with Gasteiger partial charge in [-0.2, -0.15) is 5.26 Å². The fourth-order valence-electron chi connectivity index (χ4n) is 2.18. The zero-order chi connectivity index (χ0) is 16.2. The number of oxime groups is 1. The van der Waals surface area contributed by atoms with E-state index < -0.39 is 5.97 Å². The average molecular weight is 304 g/mol. The van der Waals surface area contributed by atoms with Gasteiger partial charge in [0.15, 0.2) is 5.82 Å². The SMILES string of the molecule is Cn1c(/C(C#N)=N\OC(=O)c2ccccc2)nc2ccccc21. The van der Waals surface area contributed by atoms with Crippen LogP contribution in [0.2, 0.25) is 0 Å². The lowest BCUT2D eigenvalue weighted by Crippen LogP contribution is -2.09. The van der Waals surface area contributed by atoms with Crippen LogP contribution in [0.1, 0.15) is 16.2 Å². The molecule has 0 radical (unpaired) electrons. The number of carbonyl (C=O) groups excluding carboxylic acids is 1. The maximum atomic E-state index is 11.9. The summed E-state index contributed by atoms with van der Waals surface area (Å²) in [6.45, 7) is 0. The second kappa shape index (κ2) is 6.12. The molecule has 3 rings (SSSR count). The third-order valence-electron chi connectivity index (χ3n) is 3.33. The maximum absolute atomic E-state index is 11.9. The maximum Gasteiger partial charge on any atom is 0.365 e. The lowest BCUT2D eigenvalue weighted by atomic mass is 10.2. The molecule has 0 aliphatic rings. The van der Waals surface area contributed by atoms with Crippen LogP contribution in [0.4, 0.5) is 0 Å². The predicted octanol–water partition coefficient (Wildman–Crippen LogP) is 2.66. The standard InChI is InChI=1S/C17H12N4O2/c1-21-15-10-6-5-9-13(15)19-16(21)14(11-18)20-23-17(22)12-7-3-2-4-8-12/h2-10H,1H3/b20-14-. The van der Waals surface area contributed by atoms with Crippen LogP contribution in [0.3, 0.4) is 0 Å². The van der Waals surface area contributed by atoms with E-state index in [1.807, 2.05) is 30.3 Å². The highest BCUT2D eigenvalue weighted by Crippen LogP contribution is 2.15. The van der Waals surface area contributed by atoms with Crippen LogP contribution in [-0.2, 0) is 11.9 Å². The number of aromatic nitrogens is 2. The largest absolute Gasteiger partial charge is 0.365 e. The molecule has 1 aromatic heterocycles. The predicted molar refractivity (Wildman–Crippen MR) is 84.7 cm³/mol. The highest BCUT2D eigenvalue weighted by Gasteiger charge is 2.15. The van der Waals surface area contributed by atoms with Gasteiger partial charge in [0.1, 0.15) is 6.07 Å². The van der Waals surface area contributed by atoms with Gasteiger partial charge in [-0.05, 0) is 24.3 Å². The van der Waals surface area contributed by atoms with Crippen molar-refractivity contribution in [3.8, 4) is 6.07 Å². The van der Waals surface area contributed by atoms with Gasteiger partial charge in [0.2, 0.25) is 5.71 Å². The molecule has 0 spiro atoms. The first-order chi connectivity index (χ1) is 11.2. The molecule has 6 nitrogen and oxygen atoms in total. The van der Waals surface area contributed by atoms with E-state index in [2.05, 4.69) is 10.1 Å². The lowest BCUT2D eigenvalue weighted by molar-refractivity contribution is 0.0517. The number of hydrogen-bond acceptors (Lipinski definition) is 5. The van der Waals surface area contributed by atoms with Crippen LogP contribution in [0.5, 0.6) is 0 Å². The highest BCUT2D eigenvalue weighted by atomic mass is 16.7. The van der Waals surface area contributed by atoms with Crippen LogP contribution >= 0.6 is 0 Å². The minimum absolute atomic E-state index is 0.0621. The molecule has 0 fully saturated rings. The van der Waals surface area contributed by atoms with Gasteiger partial charge >= 0.3 is 5.97 Å². The summed E-state index contributed by atoms with van der Waals surface area (Å²) in [4.78, 5) is 21.1. The molecule has 0 amide bonds. The van der Waals surface area contributed by atoms with E-state index >= 15 is 0 Å². The van der Waals surface area contributed by atoms with Gasteiger partial charge in [-0.15, -0.1) is 0 Å². The molecular formula is C17H12N4O2. The van der Waals surface area contributed by atoms with Gasteiger partial charge in [-0.3, -0.25) is 0 Å². The molecule has 6 heteroatoms. The van der Waals surface area contributed by atoms with E-state index in [1.54, 1.807) is 41.9 Å². The van der Waals surface area contributed by atoms with E-state index in [4.69, 9.17) is 4.84 Å². The summed E-state index contributed by atoms with van der Waals surface area (Å²) in [5.41, 5.74) is 1.90. The Morgan fingerprint density at radius 3 is 2.57 bits per heavy atom. The van der Waals surface area contributed by atoms with Crippen molar-refractivity contribution < 1.29 is 9.63 Å². The Kier molecular flexibility index (Phi) is 3.85. The van der Waals surface area contributed by atoms with Crippen LogP contribution in [-0.4, -0.2) is 21.2 Å². The fraction of sp³-hybridized carbons (Fsp3) is 0.0588. The molecule has 112 valence electrons. The number of fused-ring (bicyclic) bond motifs is 1. The Hall–Kier alpha value is -3.46. The molecule has 2 aromatic carbocycles. The first-order valence-electron chi connectivity index (χ1n) is 6.87. The normalized spacial score (nSPS) is 11.2. The van der Waals surface area contributed by atoms with Crippen molar-refractivity contribution in [2.24, 2.45) is 12.2 Å². The first kappa shape index (κ1) is 14.5. The van der Waals surface area contributed by atoms with Gasteiger partial charge in [0.25, 0.3) is 0 Å². The van der Waals surface area contributed by atoms with E-state index in [1.165, 1.54) is 0 Å². The molecule has 0 aliphatic carbocycles. The minimum atomic E-state index is -0.628. The van der Waals surface area contributed by atoms with E-state index in [-0.39, 0.29) is 5.71 Å². The number of nitriles is 1. The van der Waals surface area contributed by atoms with Crippen molar-refractivity contribution in [1.82, 2.24) is 9.55 Å². The summed E-state index contributed by atoms with van der Waals surface area (Å²) >= 11 is 0. The summed E-state index contributed by atoms with van der Waals surface area (Å²) in [7, 11) is 1.77. The second-order valence-electron chi connectivity index (χ2n) is 4.78. The lowest BCUT2D eigenvalue weighted by Gasteiger charge is -2.00. The zero-order valence-corrected chi connectivity index (χ0v) is 12.3. The summed E-state index contributed by atoms with van der Waals surface area (Å²) in [5.74, 6) is -0.285. The molecule has 3 aromatic rings. The number of para-hydroxylation sites is 2. The Balaban J connectivity index is 1.91. The van der Waals surface area contributed by atoms with Crippen molar-refractivity contribution in [2.45, 2.75) is 0 Å². The second-order valence-corrected chi connectivity index (χ2v) is 4.78. The number of nitrogens with zero attached hydrogens (tertiary/aromatic N) is 4. The topological polar surface area (TPSA) is 80.3 Å². The smallest absolute Gasteiger partial charge is 0.325 e. The molecule has 0 saturated carbocycles. The van der Waals surface area contributed by atoms with Crippen molar-refractivity contribution in [3.63, 3.8) is 0 Å². The Labute approximate surface area is 132 Å². The number of hydrogen-bond donors (Lipinski definition) is 0. The Morgan fingerprint density at radius 1 is 1.17 bits per heavy atom. The van der Waals surface area contributed by atoms with Crippen LogP contribution < -0.4 is 0 Å². The van der Waals surface area contributed by atoms with Crippen LogP contribution in [0, 0.1) is 11.3 Å². The van der Waals surface area contributed by atoms with Gasteiger partial charge < -0.3 is 9.40 Å². The summed E-state index contributed by atoms with van der Waals surface area (Å²) in [6, 6.07) is 17.8. The van der Waals surface area contributed by atoms with Crippen molar-refractivity contribution in [3.05, 3.63) is 66.0 Å². The quantitative estimate of drug-likeness (QED) is 0.423. The molecule has 0 aliphatic heterocycles. The average Bonchev–Trinajstić information content (AvgIpc) is 2.93. The number of carbonyl (C=O) groups is 1. The molecule has 0 N–H and O–H groups in total. The van der Waals surface area contributed by atoms with Gasteiger partial charge in [-0.1, -0.05) is 35.5 Å². The zero-order valence-electron chi connectivity index (χ0n) is 12.3.